The first-order valence-corrected chi connectivity index (χ1v) is 11.1. The van der Waals surface area contributed by atoms with Crippen molar-refractivity contribution in [3.05, 3.63) is 60.2 Å². The molecule has 0 radical (unpaired) electrons. The van der Waals surface area contributed by atoms with E-state index in [4.69, 9.17) is 9.47 Å². The standard InChI is InChI=1S/C22H25N3O4S/c1-5-29-20-12-8-17(15(2)3)14-21(20)30(26,27)25-18-9-6-16(7-10-18)19-11-13-22(28-4)24-23-19/h6-15,25H,5H2,1-4H3. The summed E-state index contributed by atoms with van der Waals surface area (Å²) < 4.78 is 39.3. The number of nitrogens with zero attached hydrogens (tertiary/aromatic N) is 2. The molecule has 3 aromatic rings. The number of nitrogens with one attached hydrogen (secondary N) is 1. The molecule has 0 spiro atoms. The van der Waals surface area contributed by atoms with Crippen molar-refractivity contribution in [2.24, 2.45) is 0 Å². The van der Waals surface area contributed by atoms with E-state index in [1.165, 1.54) is 7.11 Å². The van der Waals surface area contributed by atoms with Crippen LogP contribution in [0.25, 0.3) is 11.3 Å². The molecule has 0 unspecified atom stereocenters. The first kappa shape index (κ1) is 21.6. The third kappa shape index (κ3) is 4.88. The van der Waals surface area contributed by atoms with Crippen LogP contribution in [0.1, 0.15) is 32.3 Å². The quantitative estimate of drug-likeness (QED) is 0.570. The highest BCUT2D eigenvalue weighted by molar-refractivity contribution is 7.92. The highest BCUT2D eigenvalue weighted by Gasteiger charge is 2.21. The second-order valence-electron chi connectivity index (χ2n) is 6.94. The third-order valence-electron chi connectivity index (χ3n) is 4.51. The normalized spacial score (nSPS) is 11.4. The average Bonchev–Trinajstić information content (AvgIpc) is 2.74. The van der Waals surface area contributed by atoms with E-state index in [0.29, 0.717) is 29.6 Å². The van der Waals surface area contributed by atoms with Gasteiger partial charge in [0.2, 0.25) is 5.88 Å². The zero-order valence-corrected chi connectivity index (χ0v) is 18.2. The van der Waals surface area contributed by atoms with E-state index in [1.54, 1.807) is 48.5 Å². The van der Waals surface area contributed by atoms with Gasteiger partial charge in [-0.3, -0.25) is 4.72 Å². The van der Waals surface area contributed by atoms with Crippen LogP contribution >= 0.6 is 0 Å². The number of benzene rings is 2. The van der Waals surface area contributed by atoms with Crippen LogP contribution < -0.4 is 14.2 Å². The first-order valence-electron chi connectivity index (χ1n) is 9.61. The molecule has 1 aromatic heterocycles. The predicted molar refractivity (Wildman–Crippen MR) is 117 cm³/mol. The van der Waals surface area contributed by atoms with E-state index in [-0.39, 0.29) is 10.8 Å². The Morgan fingerprint density at radius 2 is 1.73 bits per heavy atom. The molecule has 1 N–H and O–H groups in total. The summed E-state index contributed by atoms with van der Waals surface area (Å²) in [7, 11) is -2.30. The van der Waals surface area contributed by atoms with Gasteiger partial charge in [-0.1, -0.05) is 32.0 Å². The molecular formula is C22H25N3O4S. The SMILES string of the molecule is CCOc1ccc(C(C)C)cc1S(=O)(=O)Nc1ccc(-c2ccc(OC)nn2)cc1. The summed E-state index contributed by atoms with van der Waals surface area (Å²) in [5.74, 6) is 0.955. The maximum atomic E-state index is 13.1. The van der Waals surface area contributed by atoms with E-state index >= 15 is 0 Å². The molecule has 0 aliphatic heterocycles. The molecule has 2 aromatic carbocycles. The van der Waals surface area contributed by atoms with Crippen molar-refractivity contribution in [2.45, 2.75) is 31.6 Å². The second-order valence-corrected chi connectivity index (χ2v) is 8.59. The van der Waals surface area contributed by atoms with E-state index in [2.05, 4.69) is 14.9 Å². The Bertz CT molecular complexity index is 1100. The van der Waals surface area contributed by atoms with Gasteiger partial charge in [0.05, 0.1) is 19.4 Å². The van der Waals surface area contributed by atoms with Crippen molar-refractivity contribution < 1.29 is 17.9 Å². The van der Waals surface area contributed by atoms with Crippen molar-refractivity contribution in [1.29, 1.82) is 0 Å². The van der Waals surface area contributed by atoms with Crippen LogP contribution in [0.15, 0.2) is 59.5 Å². The maximum Gasteiger partial charge on any atom is 0.265 e. The van der Waals surface area contributed by atoms with Gasteiger partial charge in [-0.15, -0.1) is 10.2 Å². The van der Waals surface area contributed by atoms with Gasteiger partial charge >= 0.3 is 0 Å². The molecule has 1 heterocycles. The monoisotopic (exact) mass is 427 g/mol. The lowest BCUT2D eigenvalue weighted by molar-refractivity contribution is 0.331. The van der Waals surface area contributed by atoms with Crippen molar-refractivity contribution in [2.75, 3.05) is 18.4 Å². The number of aromatic nitrogens is 2. The minimum atomic E-state index is -3.83. The minimum absolute atomic E-state index is 0.126. The van der Waals surface area contributed by atoms with Crippen LogP contribution in [-0.2, 0) is 10.0 Å². The molecule has 0 fully saturated rings. The number of rotatable bonds is 8. The smallest absolute Gasteiger partial charge is 0.265 e. The molecule has 3 rings (SSSR count). The Morgan fingerprint density at radius 3 is 2.30 bits per heavy atom. The zero-order valence-electron chi connectivity index (χ0n) is 17.4. The lowest BCUT2D eigenvalue weighted by Crippen LogP contribution is -2.15. The minimum Gasteiger partial charge on any atom is -0.492 e. The molecule has 0 saturated carbocycles. The maximum absolute atomic E-state index is 13.1. The van der Waals surface area contributed by atoms with Crippen LogP contribution in [0.4, 0.5) is 5.69 Å². The van der Waals surface area contributed by atoms with Crippen molar-refractivity contribution in [1.82, 2.24) is 10.2 Å². The number of ether oxygens (including phenoxy) is 2. The molecular weight excluding hydrogens is 402 g/mol. The fourth-order valence-corrected chi connectivity index (χ4v) is 4.11. The van der Waals surface area contributed by atoms with Gasteiger partial charge < -0.3 is 9.47 Å². The van der Waals surface area contributed by atoms with E-state index in [9.17, 15) is 8.42 Å². The average molecular weight is 428 g/mol. The van der Waals surface area contributed by atoms with Crippen molar-refractivity contribution >= 4 is 15.7 Å². The topological polar surface area (TPSA) is 90.4 Å². The summed E-state index contributed by atoms with van der Waals surface area (Å²) in [6.07, 6.45) is 0. The van der Waals surface area contributed by atoms with Gasteiger partial charge in [0, 0.05) is 17.3 Å². The lowest BCUT2D eigenvalue weighted by atomic mass is 10.0. The van der Waals surface area contributed by atoms with Gasteiger partial charge in [-0.25, -0.2) is 8.42 Å². The number of sulfonamides is 1. The summed E-state index contributed by atoms with van der Waals surface area (Å²) in [5.41, 5.74) is 2.84. The third-order valence-corrected chi connectivity index (χ3v) is 5.91. The molecule has 158 valence electrons. The largest absolute Gasteiger partial charge is 0.492 e. The Morgan fingerprint density at radius 1 is 1.00 bits per heavy atom. The second kappa shape index (κ2) is 9.13. The highest BCUT2D eigenvalue weighted by Crippen LogP contribution is 2.30. The predicted octanol–water partition coefficient (Wildman–Crippen LogP) is 4.48. The fraction of sp³-hybridized carbons (Fsp3) is 0.273. The number of methoxy groups -OCH3 is 1. The van der Waals surface area contributed by atoms with Gasteiger partial charge in [-0.2, -0.15) is 0 Å². The molecule has 0 bridgehead atoms. The summed E-state index contributed by atoms with van der Waals surface area (Å²) in [6.45, 7) is 6.22. The van der Waals surface area contributed by atoms with Crippen LogP contribution in [-0.4, -0.2) is 32.3 Å². The number of anilines is 1. The highest BCUT2D eigenvalue weighted by atomic mass is 32.2. The van der Waals surface area contributed by atoms with Crippen LogP contribution in [0.3, 0.4) is 0 Å². The van der Waals surface area contributed by atoms with Crippen LogP contribution in [0.2, 0.25) is 0 Å². The summed E-state index contributed by atoms with van der Waals surface area (Å²) in [6, 6.07) is 15.7. The van der Waals surface area contributed by atoms with Gasteiger partial charge in [0.1, 0.15) is 10.6 Å². The molecule has 7 nitrogen and oxygen atoms in total. The molecule has 0 aliphatic carbocycles. The van der Waals surface area contributed by atoms with E-state index in [0.717, 1.165) is 11.1 Å². The molecule has 0 aliphatic rings. The molecule has 0 atom stereocenters. The lowest BCUT2D eigenvalue weighted by Gasteiger charge is -2.15. The van der Waals surface area contributed by atoms with E-state index in [1.807, 2.05) is 26.8 Å². The number of hydrogen-bond donors (Lipinski definition) is 1. The van der Waals surface area contributed by atoms with Gasteiger partial charge in [0.25, 0.3) is 10.0 Å². The van der Waals surface area contributed by atoms with E-state index < -0.39 is 10.0 Å². The summed E-state index contributed by atoms with van der Waals surface area (Å²) >= 11 is 0. The molecule has 8 heteroatoms. The molecule has 30 heavy (non-hydrogen) atoms. The first-order chi connectivity index (χ1) is 14.3. The zero-order chi connectivity index (χ0) is 21.7. The Kier molecular flexibility index (Phi) is 6.56. The van der Waals surface area contributed by atoms with Crippen LogP contribution in [0.5, 0.6) is 11.6 Å². The Labute approximate surface area is 177 Å². The summed E-state index contributed by atoms with van der Waals surface area (Å²) in [5, 5.41) is 8.05. The Hall–Kier alpha value is -3.13. The fourth-order valence-electron chi connectivity index (χ4n) is 2.87. The van der Waals surface area contributed by atoms with Gasteiger partial charge in [0.15, 0.2) is 0 Å². The molecule has 0 amide bonds. The molecule has 0 saturated heterocycles. The van der Waals surface area contributed by atoms with Gasteiger partial charge in [-0.05, 0) is 48.7 Å². The Balaban J connectivity index is 1.87. The van der Waals surface area contributed by atoms with Crippen LogP contribution in [0, 0.1) is 0 Å². The number of hydrogen-bond acceptors (Lipinski definition) is 6. The van der Waals surface area contributed by atoms with Crippen molar-refractivity contribution in [3.63, 3.8) is 0 Å². The van der Waals surface area contributed by atoms with Crippen molar-refractivity contribution in [3.8, 4) is 22.9 Å². The summed E-state index contributed by atoms with van der Waals surface area (Å²) in [4.78, 5) is 0.126.